The zero-order chi connectivity index (χ0) is 12.5. The van der Waals surface area contributed by atoms with Crippen molar-refractivity contribution in [3.63, 3.8) is 0 Å². The first kappa shape index (κ1) is 13.6. The molecular weight excluding hydrogens is 216 g/mol. The van der Waals surface area contributed by atoms with Crippen LogP contribution < -0.4 is 5.11 Å². The first-order chi connectivity index (χ1) is 8.24. The largest absolute Gasteiger partial charge is 0.875 e. The smallest absolute Gasteiger partial charge is 0.305 e. The van der Waals surface area contributed by atoms with Gasteiger partial charge in [-0.1, -0.05) is 37.1 Å². The number of carbonyl (C=O) groups excluding carboxylic acids is 1. The normalized spacial score (nSPS) is 13.1. The molecule has 3 heteroatoms. The van der Waals surface area contributed by atoms with Gasteiger partial charge in [0.05, 0.1) is 6.61 Å². The molecule has 0 N–H and O–H groups in total. The topological polar surface area (TPSA) is 49.4 Å². The summed E-state index contributed by atoms with van der Waals surface area (Å²) in [4.78, 5) is 11.0. The highest BCUT2D eigenvalue weighted by molar-refractivity contribution is 5.69. The minimum Gasteiger partial charge on any atom is -0.875 e. The van der Waals surface area contributed by atoms with E-state index in [2.05, 4.69) is 0 Å². The molecule has 1 aliphatic carbocycles. The van der Waals surface area contributed by atoms with Crippen molar-refractivity contribution in [2.45, 2.75) is 39.0 Å². The highest BCUT2D eigenvalue weighted by Crippen LogP contribution is 2.15. The Balaban J connectivity index is 2.08. The number of rotatable bonds is 7. The second kappa shape index (κ2) is 7.71. The Morgan fingerprint density at radius 3 is 2.47 bits per heavy atom. The maximum atomic E-state index is 11.6. The van der Waals surface area contributed by atoms with Crippen molar-refractivity contribution in [2.24, 2.45) is 0 Å². The standard InChI is InChI=1S/C14H20O3/c1-2-17-14(16)11-5-3-4-10-13(15)12-8-6-7-9-12/h6-9,15H,2-5,10-11H2,1H3/p-1. The third kappa shape index (κ3) is 5.38. The molecular formula is C14H19O3-. The number of allylic oxidation sites excluding steroid dienone is 6. The molecule has 0 fully saturated rings. The molecule has 0 amide bonds. The molecule has 0 aliphatic heterocycles. The number of carbonyl (C=O) groups is 1. The van der Waals surface area contributed by atoms with E-state index in [-0.39, 0.29) is 11.7 Å². The average molecular weight is 235 g/mol. The van der Waals surface area contributed by atoms with Gasteiger partial charge in [0.2, 0.25) is 0 Å². The molecule has 0 spiro atoms. The summed E-state index contributed by atoms with van der Waals surface area (Å²) in [5.74, 6) is 0.0426. The summed E-state index contributed by atoms with van der Waals surface area (Å²) < 4.78 is 4.82. The molecule has 94 valence electrons. The van der Waals surface area contributed by atoms with E-state index in [0.717, 1.165) is 24.8 Å². The van der Waals surface area contributed by atoms with Crippen LogP contribution in [-0.2, 0) is 9.53 Å². The van der Waals surface area contributed by atoms with Crippen molar-refractivity contribution < 1.29 is 14.6 Å². The van der Waals surface area contributed by atoms with Gasteiger partial charge in [0.15, 0.2) is 0 Å². The van der Waals surface area contributed by atoms with Crippen LogP contribution in [0, 0.1) is 0 Å². The summed E-state index contributed by atoms with van der Waals surface area (Å²) in [6, 6.07) is 0. The Morgan fingerprint density at radius 2 is 1.82 bits per heavy atom. The minimum absolute atomic E-state index is 0.144. The van der Waals surface area contributed by atoms with E-state index < -0.39 is 0 Å². The summed E-state index contributed by atoms with van der Waals surface area (Å²) >= 11 is 0. The van der Waals surface area contributed by atoms with Crippen molar-refractivity contribution in [1.29, 1.82) is 0 Å². The fourth-order valence-electron chi connectivity index (χ4n) is 1.67. The number of esters is 1. The molecule has 0 saturated heterocycles. The summed E-state index contributed by atoms with van der Waals surface area (Å²) in [6.07, 6.45) is 11.0. The molecule has 1 aliphatic rings. The number of unbranched alkanes of at least 4 members (excludes halogenated alkanes) is 2. The van der Waals surface area contributed by atoms with E-state index >= 15 is 0 Å². The first-order valence-electron chi connectivity index (χ1n) is 6.14. The van der Waals surface area contributed by atoms with Crippen molar-refractivity contribution in [2.75, 3.05) is 6.61 Å². The molecule has 0 aromatic carbocycles. The summed E-state index contributed by atoms with van der Waals surface area (Å²) in [5, 5.41) is 11.6. The Kier molecular flexibility index (Phi) is 6.15. The Bertz CT molecular complexity index is 323. The van der Waals surface area contributed by atoms with Gasteiger partial charge in [-0.15, -0.1) is 5.76 Å². The van der Waals surface area contributed by atoms with Gasteiger partial charge < -0.3 is 9.84 Å². The van der Waals surface area contributed by atoms with Crippen LogP contribution in [0.25, 0.3) is 0 Å². The highest BCUT2D eigenvalue weighted by atomic mass is 16.5. The van der Waals surface area contributed by atoms with Gasteiger partial charge in [-0.3, -0.25) is 4.79 Å². The van der Waals surface area contributed by atoms with Gasteiger partial charge in [-0.05, 0) is 25.3 Å². The molecule has 0 bridgehead atoms. The van der Waals surface area contributed by atoms with Gasteiger partial charge in [0.1, 0.15) is 0 Å². The Hall–Kier alpha value is -1.51. The average Bonchev–Trinajstić information content (AvgIpc) is 2.82. The molecule has 1 rings (SSSR count). The zero-order valence-corrected chi connectivity index (χ0v) is 10.3. The number of ether oxygens (including phenoxy) is 1. The van der Waals surface area contributed by atoms with E-state index in [4.69, 9.17) is 4.74 Å². The van der Waals surface area contributed by atoms with Crippen LogP contribution in [0.5, 0.6) is 0 Å². The van der Waals surface area contributed by atoms with Crippen LogP contribution in [0.15, 0.2) is 35.6 Å². The van der Waals surface area contributed by atoms with Crippen LogP contribution in [-0.4, -0.2) is 12.6 Å². The fraction of sp³-hybridized carbons (Fsp3) is 0.500. The second-order valence-corrected chi connectivity index (χ2v) is 3.96. The van der Waals surface area contributed by atoms with Crippen molar-refractivity contribution in [3.8, 4) is 0 Å². The lowest BCUT2D eigenvalue weighted by atomic mass is 10.1. The van der Waals surface area contributed by atoms with Crippen molar-refractivity contribution in [3.05, 3.63) is 35.6 Å². The monoisotopic (exact) mass is 235 g/mol. The van der Waals surface area contributed by atoms with Crippen molar-refractivity contribution >= 4 is 5.97 Å². The number of hydrogen-bond acceptors (Lipinski definition) is 3. The van der Waals surface area contributed by atoms with Gasteiger partial charge in [-0.2, -0.15) is 0 Å². The fourth-order valence-corrected chi connectivity index (χ4v) is 1.67. The van der Waals surface area contributed by atoms with E-state index in [1.807, 2.05) is 24.3 Å². The Morgan fingerprint density at radius 1 is 1.18 bits per heavy atom. The van der Waals surface area contributed by atoms with E-state index in [0.29, 0.717) is 19.4 Å². The molecule has 3 nitrogen and oxygen atoms in total. The molecule has 0 atom stereocenters. The van der Waals surface area contributed by atoms with E-state index in [1.165, 1.54) is 0 Å². The predicted octanol–water partition coefficient (Wildman–Crippen LogP) is 2.24. The summed E-state index contributed by atoms with van der Waals surface area (Å²) in [7, 11) is 0. The maximum absolute atomic E-state index is 11.6. The highest BCUT2D eigenvalue weighted by Gasteiger charge is 2.00. The SMILES string of the molecule is CCOC(=O)CCCCCC([O-])=C1C=CC=C1. The Labute approximate surface area is 102 Å². The third-order valence-electron chi connectivity index (χ3n) is 2.57. The lowest BCUT2D eigenvalue weighted by Crippen LogP contribution is -2.06. The lowest BCUT2D eigenvalue weighted by molar-refractivity contribution is -0.307. The van der Waals surface area contributed by atoms with Crippen LogP contribution in [0.3, 0.4) is 0 Å². The zero-order valence-electron chi connectivity index (χ0n) is 10.3. The third-order valence-corrected chi connectivity index (χ3v) is 2.57. The second-order valence-electron chi connectivity index (χ2n) is 3.96. The van der Waals surface area contributed by atoms with Gasteiger partial charge in [0.25, 0.3) is 0 Å². The predicted molar refractivity (Wildman–Crippen MR) is 65.0 cm³/mol. The molecule has 0 radical (unpaired) electrons. The van der Waals surface area contributed by atoms with Crippen molar-refractivity contribution in [1.82, 2.24) is 0 Å². The molecule has 0 saturated carbocycles. The van der Waals surface area contributed by atoms with E-state index in [1.54, 1.807) is 6.92 Å². The molecule has 0 aromatic heterocycles. The first-order valence-corrected chi connectivity index (χ1v) is 6.14. The molecule has 0 aromatic rings. The molecule has 0 heterocycles. The van der Waals surface area contributed by atoms with Crippen LogP contribution in [0.1, 0.15) is 39.0 Å². The molecule has 0 unspecified atom stereocenters. The van der Waals surface area contributed by atoms with Gasteiger partial charge >= 0.3 is 5.97 Å². The lowest BCUT2D eigenvalue weighted by Gasteiger charge is -2.13. The quantitative estimate of drug-likeness (QED) is 0.386. The summed E-state index contributed by atoms with van der Waals surface area (Å²) in [6.45, 7) is 2.24. The van der Waals surface area contributed by atoms with Gasteiger partial charge in [-0.25, -0.2) is 0 Å². The maximum Gasteiger partial charge on any atom is 0.305 e. The van der Waals surface area contributed by atoms with Crippen LogP contribution >= 0.6 is 0 Å². The van der Waals surface area contributed by atoms with Gasteiger partial charge in [0, 0.05) is 6.42 Å². The van der Waals surface area contributed by atoms with E-state index in [9.17, 15) is 9.90 Å². The number of hydrogen-bond donors (Lipinski definition) is 0. The van der Waals surface area contributed by atoms with Crippen LogP contribution in [0.2, 0.25) is 0 Å². The minimum atomic E-state index is -0.144. The summed E-state index contributed by atoms with van der Waals surface area (Å²) in [5.41, 5.74) is 0.787. The van der Waals surface area contributed by atoms with Crippen LogP contribution in [0.4, 0.5) is 0 Å². The molecule has 17 heavy (non-hydrogen) atoms.